The van der Waals surface area contributed by atoms with Crippen LogP contribution in [-0.4, -0.2) is 55.3 Å². The van der Waals surface area contributed by atoms with Crippen molar-refractivity contribution in [2.75, 3.05) is 17.3 Å². The highest BCUT2D eigenvalue weighted by molar-refractivity contribution is 6.31. The Bertz CT molecular complexity index is 1810. The predicted molar refractivity (Wildman–Crippen MR) is 172 cm³/mol. The second-order valence-electron chi connectivity index (χ2n) is 11.1. The lowest BCUT2D eigenvalue weighted by molar-refractivity contribution is -0.118. The van der Waals surface area contributed by atoms with Gasteiger partial charge in [-0.25, -0.2) is 9.97 Å². The zero-order valence-electron chi connectivity index (χ0n) is 24.7. The third-order valence-electron chi connectivity index (χ3n) is 7.94. The molecule has 0 radical (unpaired) electrons. The molecule has 6 rings (SSSR count). The summed E-state index contributed by atoms with van der Waals surface area (Å²) in [6.07, 6.45) is 9.40. The van der Waals surface area contributed by atoms with Crippen molar-refractivity contribution < 1.29 is 9.59 Å². The van der Waals surface area contributed by atoms with E-state index >= 15 is 0 Å². The molecule has 224 valence electrons. The van der Waals surface area contributed by atoms with Crippen LogP contribution < -0.4 is 15.5 Å². The fraction of sp³-hybridized carbons (Fsp3) is 0.242. The molecule has 1 aliphatic carbocycles. The first-order valence-corrected chi connectivity index (χ1v) is 14.8. The van der Waals surface area contributed by atoms with Crippen LogP contribution in [0.2, 0.25) is 5.02 Å². The Kier molecular flexibility index (Phi) is 8.17. The van der Waals surface area contributed by atoms with Crippen LogP contribution in [0, 0.1) is 0 Å². The van der Waals surface area contributed by atoms with E-state index in [9.17, 15) is 9.59 Å². The van der Waals surface area contributed by atoms with Gasteiger partial charge >= 0.3 is 0 Å². The lowest BCUT2D eigenvalue weighted by Crippen LogP contribution is -2.45. The number of rotatable bonds is 10. The molecule has 0 saturated heterocycles. The van der Waals surface area contributed by atoms with Crippen molar-refractivity contribution in [2.45, 2.75) is 31.3 Å². The summed E-state index contributed by atoms with van der Waals surface area (Å²) in [5.41, 5.74) is 5.54. The maximum absolute atomic E-state index is 13.7. The Labute approximate surface area is 260 Å². The quantitative estimate of drug-likeness (QED) is 0.228. The standard InChI is InChI=1S/C33H33ClN8O2/c1-40-20-35-19-30(40)21-4-7-25(8-5-21)38-32(43)28(39-33(44)29-13-15-37-42(29)3)17-24-16-22(6-11-27(24)34)23-12-14-36-31(18-23)41(2)26-9-10-26/h4-8,11-16,18-20,26,28H,9-10,17H2,1-3H3,(H,38,43)(H,39,44). The van der Waals surface area contributed by atoms with Crippen LogP contribution in [0.4, 0.5) is 11.5 Å². The number of hydrogen-bond acceptors (Lipinski definition) is 6. The van der Waals surface area contributed by atoms with Crippen molar-refractivity contribution >= 4 is 34.9 Å². The summed E-state index contributed by atoms with van der Waals surface area (Å²) in [5, 5.41) is 10.5. The Hall–Kier alpha value is -4.96. The fourth-order valence-electron chi connectivity index (χ4n) is 5.20. The molecule has 1 fully saturated rings. The van der Waals surface area contributed by atoms with Gasteiger partial charge in [-0.15, -0.1) is 0 Å². The summed E-state index contributed by atoms with van der Waals surface area (Å²) in [6.45, 7) is 0. The number of aryl methyl sites for hydroxylation is 2. The number of nitrogens with zero attached hydrogens (tertiary/aromatic N) is 6. The topological polar surface area (TPSA) is 110 Å². The lowest BCUT2D eigenvalue weighted by Gasteiger charge is -2.20. The zero-order valence-corrected chi connectivity index (χ0v) is 25.5. The van der Waals surface area contributed by atoms with Gasteiger partial charge in [-0.1, -0.05) is 29.8 Å². The van der Waals surface area contributed by atoms with E-state index in [4.69, 9.17) is 11.6 Å². The van der Waals surface area contributed by atoms with Gasteiger partial charge in [0.2, 0.25) is 5.91 Å². The third kappa shape index (κ3) is 6.35. The van der Waals surface area contributed by atoms with Crippen LogP contribution in [0.3, 0.4) is 0 Å². The zero-order chi connectivity index (χ0) is 30.8. The van der Waals surface area contributed by atoms with E-state index in [-0.39, 0.29) is 12.3 Å². The van der Waals surface area contributed by atoms with Gasteiger partial charge in [0.1, 0.15) is 17.6 Å². The summed E-state index contributed by atoms with van der Waals surface area (Å²) in [7, 11) is 5.67. The number of pyridine rings is 1. The van der Waals surface area contributed by atoms with E-state index in [2.05, 4.69) is 43.7 Å². The number of halogens is 1. The van der Waals surface area contributed by atoms with Crippen molar-refractivity contribution in [3.8, 4) is 22.4 Å². The number of carbonyl (C=O) groups is 2. The maximum atomic E-state index is 13.7. The largest absolute Gasteiger partial charge is 0.357 e. The molecule has 1 aliphatic rings. The first-order chi connectivity index (χ1) is 21.3. The highest BCUT2D eigenvalue weighted by Gasteiger charge is 2.28. The van der Waals surface area contributed by atoms with Crippen molar-refractivity contribution in [3.63, 3.8) is 0 Å². The number of nitrogens with one attached hydrogen (secondary N) is 2. The molecule has 1 saturated carbocycles. The molecule has 11 heteroatoms. The van der Waals surface area contributed by atoms with Crippen LogP contribution >= 0.6 is 11.6 Å². The van der Waals surface area contributed by atoms with Crippen molar-refractivity contribution in [1.82, 2.24) is 29.6 Å². The normalized spacial score (nSPS) is 13.4. The number of carbonyl (C=O) groups excluding carboxylic acids is 2. The van der Waals surface area contributed by atoms with E-state index in [0.29, 0.717) is 22.4 Å². The SMILES string of the molecule is CN(c1cc(-c2ccc(Cl)c(CC(NC(=O)c3ccnn3C)C(=O)Nc3ccc(-c4cncn4C)cc3)c2)ccn1)C1CC1. The summed E-state index contributed by atoms with van der Waals surface area (Å²) in [4.78, 5) is 37.9. The van der Waals surface area contributed by atoms with E-state index in [1.54, 1.807) is 25.6 Å². The number of benzene rings is 2. The number of aromatic nitrogens is 5. The highest BCUT2D eigenvalue weighted by atomic mass is 35.5. The maximum Gasteiger partial charge on any atom is 0.270 e. The molecule has 1 unspecified atom stereocenters. The number of hydrogen-bond donors (Lipinski definition) is 2. The smallest absolute Gasteiger partial charge is 0.270 e. The first kappa shape index (κ1) is 29.1. The Morgan fingerprint density at radius 3 is 2.43 bits per heavy atom. The Balaban J connectivity index is 1.25. The van der Waals surface area contributed by atoms with Gasteiger partial charge in [0.15, 0.2) is 0 Å². The molecule has 1 atom stereocenters. The molecule has 0 aliphatic heterocycles. The van der Waals surface area contributed by atoms with Gasteiger partial charge in [-0.2, -0.15) is 5.10 Å². The van der Waals surface area contributed by atoms with Crippen molar-refractivity contribution in [2.24, 2.45) is 14.1 Å². The summed E-state index contributed by atoms with van der Waals surface area (Å²) >= 11 is 6.68. The number of amides is 2. The van der Waals surface area contributed by atoms with E-state index in [1.807, 2.05) is 66.3 Å². The molecule has 2 N–H and O–H groups in total. The van der Waals surface area contributed by atoms with Crippen LogP contribution in [0.25, 0.3) is 22.4 Å². The van der Waals surface area contributed by atoms with Crippen LogP contribution in [-0.2, 0) is 25.3 Å². The Morgan fingerprint density at radius 2 is 1.75 bits per heavy atom. The molecule has 2 aromatic carbocycles. The van der Waals surface area contributed by atoms with Crippen LogP contribution in [0.1, 0.15) is 28.9 Å². The molecular formula is C33H33ClN8O2. The molecule has 0 bridgehead atoms. The van der Waals surface area contributed by atoms with E-state index in [1.165, 1.54) is 23.7 Å². The minimum Gasteiger partial charge on any atom is -0.357 e. The van der Waals surface area contributed by atoms with Crippen molar-refractivity contribution in [1.29, 1.82) is 0 Å². The van der Waals surface area contributed by atoms with E-state index in [0.717, 1.165) is 33.8 Å². The summed E-state index contributed by atoms with van der Waals surface area (Å²) in [5.74, 6) is 0.134. The van der Waals surface area contributed by atoms with Gasteiger partial charge in [0.25, 0.3) is 5.91 Å². The second kappa shape index (κ2) is 12.3. The molecule has 44 heavy (non-hydrogen) atoms. The van der Waals surface area contributed by atoms with E-state index < -0.39 is 11.9 Å². The summed E-state index contributed by atoms with van der Waals surface area (Å²) < 4.78 is 3.39. The Morgan fingerprint density at radius 1 is 1.00 bits per heavy atom. The van der Waals surface area contributed by atoms with Gasteiger partial charge < -0.3 is 20.1 Å². The highest BCUT2D eigenvalue weighted by Crippen LogP contribution is 2.32. The average molecular weight is 609 g/mol. The fourth-order valence-corrected chi connectivity index (χ4v) is 5.39. The number of imidazole rings is 1. The average Bonchev–Trinajstić information content (AvgIpc) is 3.65. The van der Waals surface area contributed by atoms with Crippen LogP contribution in [0.15, 0.2) is 85.6 Å². The van der Waals surface area contributed by atoms with Crippen molar-refractivity contribution in [3.05, 3.63) is 102 Å². The molecule has 2 amide bonds. The molecule has 10 nitrogen and oxygen atoms in total. The molecule has 3 heterocycles. The van der Waals surface area contributed by atoms with Gasteiger partial charge in [0.05, 0.1) is 18.2 Å². The predicted octanol–water partition coefficient (Wildman–Crippen LogP) is 5.11. The van der Waals surface area contributed by atoms with Gasteiger partial charge in [-0.05, 0) is 77.6 Å². The first-order valence-electron chi connectivity index (χ1n) is 14.4. The number of anilines is 2. The molecule has 3 aromatic heterocycles. The molecule has 0 spiro atoms. The monoisotopic (exact) mass is 608 g/mol. The molecule has 5 aromatic rings. The van der Waals surface area contributed by atoms with Gasteiger partial charge in [-0.3, -0.25) is 14.3 Å². The summed E-state index contributed by atoms with van der Waals surface area (Å²) in [6, 6.07) is 18.5. The second-order valence-corrected chi connectivity index (χ2v) is 11.5. The minimum atomic E-state index is -0.920. The van der Waals surface area contributed by atoms with Gasteiger partial charge in [0, 0.05) is 56.7 Å². The van der Waals surface area contributed by atoms with Crippen LogP contribution in [0.5, 0.6) is 0 Å². The lowest BCUT2D eigenvalue weighted by atomic mass is 9.99. The molecular weight excluding hydrogens is 576 g/mol. The minimum absolute atomic E-state index is 0.176. The third-order valence-corrected chi connectivity index (χ3v) is 8.31.